The summed E-state index contributed by atoms with van der Waals surface area (Å²) in [5, 5.41) is 11.3. The standard InChI is InChI=1S/C11H14N2O3S/c1-7(14)13-9(11(15)16)6-17-10-5-3-2-4-8(10)12/h2-5,9H,6,12H2,1H3,(H,13,14)(H,15,16)/t9-/m0/s1. The van der Waals surface area contributed by atoms with Gasteiger partial charge in [0.1, 0.15) is 6.04 Å². The number of para-hydroxylation sites is 1. The van der Waals surface area contributed by atoms with Crippen LogP contribution in [0.5, 0.6) is 0 Å². The number of amides is 1. The molecule has 1 atom stereocenters. The number of carbonyl (C=O) groups excluding carboxylic acids is 1. The highest BCUT2D eigenvalue weighted by Crippen LogP contribution is 2.24. The van der Waals surface area contributed by atoms with Gasteiger partial charge in [0.25, 0.3) is 0 Å². The lowest BCUT2D eigenvalue weighted by atomic mass is 10.3. The Balaban J connectivity index is 2.61. The highest BCUT2D eigenvalue weighted by molar-refractivity contribution is 7.99. The second kappa shape index (κ2) is 6.15. The van der Waals surface area contributed by atoms with Crippen molar-refractivity contribution in [2.24, 2.45) is 0 Å². The lowest BCUT2D eigenvalue weighted by Gasteiger charge is -2.13. The Morgan fingerprint density at radius 1 is 1.47 bits per heavy atom. The van der Waals surface area contributed by atoms with E-state index in [9.17, 15) is 9.59 Å². The number of rotatable bonds is 5. The minimum Gasteiger partial charge on any atom is -0.480 e. The fraction of sp³-hybridized carbons (Fsp3) is 0.273. The van der Waals surface area contributed by atoms with Crippen molar-refractivity contribution in [2.45, 2.75) is 17.9 Å². The molecule has 0 saturated heterocycles. The average molecular weight is 254 g/mol. The van der Waals surface area contributed by atoms with Crippen LogP contribution in [0, 0.1) is 0 Å². The number of carboxylic acids is 1. The van der Waals surface area contributed by atoms with E-state index in [1.54, 1.807) is 6.07 Å². The Bertz CT molecular complexity index is 423. The molecule has 1 rings (SSSR count). The van der Waals surface area contributed by atoms with Crippen LogP contribution >= 0.6 is 11.8 Å². The van der Waals surface area contributed by atoms with E-state index in [0.717, 1.165) is 4.90 Å². The topological polar surface area (TPSA) is 92.4 Å². The van der Waals surface area contributed by atoms with Crippen LogP contribution in [0.4, 0.5) is 5.69 Å². The molecule has 0 aliphatic rings. The number of nitrogens with two attached hydrogens (primary N) is 1. The molecule has 1 aromatic carbocycles. The molecular weight excluding hydrogens is 240 g/mol. The van der Waals surface area contributed by atoms with Crippen LogP contribution in [0.25, 0.3) is 0 Å². The van der Waals surface area contributed by atoms with Crippen molar-refractivity contribution in [3.05, 3.63) is 24.3 Å². The second-order valence-corrected chi connectivity index (χ2v) is 4.50. The molecule has 0 aromatic heterocycles. The quantitative estimate of drug-likeness (QED) is 0.537. The summed E-state index contributed by atoms with van der Waals surface area (Å²) in [4.78, 5) is 22.5. The fourth-order valence-electron chi connectivity index (χ4n) is 1.21. The van der Waals surface area contributed by atoms with Crippen LogP contribution in [0.15, 0.2) is 29.2 Å². The molecule has 0 unspecified atom stereocenters. The third kappa shape index (κ3) is 4.36. The Morgan fingerprint density at radius 2 is 2.12 bits per heavy atom. The SMILES string of the molecule is CC(=O)N[C@@H](CSc1ccccc1N)C(=O)O. The van der Waals surface area contributed by atoms with Crippen LogP contribution in [0.1, 0.15) is 6.92 Å². The van der Waals surface area contributed by atoms with Crippen molar-refractivity contribution < 1.29 is 14.7 Å². The van der Waals surface area contributed by atoms with Crippen LogP contribution in [0.3, 0.4) is 0 Å². The molecule has 0 heterocycles. The Kier molecular flexibility index (Phi) is 4.84. The first kappa shape index (κ1) is 13.4. The molecule has 0 aliphatic carbocycles. The zero-order chi connectivity index (χ0) is 12.8. The minimum absolute atomic E-state index is 0.239. The molecular formula is C11H14N2O3S. The molecule has 1 amide bonds. The Morgan fingerprint density at radius 3 is 2.65 bits per heavy atom. The second-order valence-electron chi connectivity index (χ2n) is 3.44. The van der Waals surface area contributed by atoms with Gasteiger partial charge in [0, 0.05) is 23.3 Å². The summed E-state index contributed by atoms with van der Waals surface area (Å²) in [6.45, 7) is 1.29. The summed E-state index contributed by atoms with van der Waals surface area (Å²) in [7, 11) is 0. The third-order valence-electron chi connectivity index (χ3n) is 2.00. The maximum atomic E-state index is 10.9. The number of hydrogen-bond acceptors (Lipinski definition) is 4. The van der Waals surface area contributed by atoms with Gasteiger partial charge in [-0.1, -0.05) is 12.1 Å². The van der Waals surface area contributed by atoms with Crippen LogP contribution in [-0.4, -0.2) is 28.8 Å². The lowest BCUT2D eigenvalue weighted by molar-refractivity contribution is -0.140. The molecule has 0 saturated carbocycles. The van der Waals surface area contributed by atoms with E-state index in [0.29, 0.717) is 5.69 Å². The third-order valence-corrected chi connectivity index (χ3v) is 3.18. The molecule has 5 nitrogen and oxygen atoms in total. The molecule has 0 bridgehead atoms. The van der Waals surface area contributed by atoms with Crippen LogP contribution in [0.2, 0.25) is 0 Å². The van der Waals surface area contributed by atoms with E-state index < -0.39 is 12.0 Å². The minimum atomic E-state index is -1.05. The Hall–Kier alpha value is -1.69. The summed E-state index contributed by atoms with van der Waals surface area (Å²) < 4.78 is 0. The van der Waals surface area contributed by atoms with E-state index in [1.165, 1.54) is 18.7 Å². The van der Waals surface area contributed by atoms with Crippen molar-refractivity contribution in [3.8, 4) is 0 Å². The predicted molar refractivity (Wildman–Crippen MR) is 66.8 cm³/mol. The largest absolute Gasteiger partial charge is 0.480 e. The molecule has 17 heavy (non-hydrogen) atoms. The summed E-state index contributed by atoms with van der Waals surface area (Å²) in [5.41, 5.74) is 6.33. The zero-order valence-corrected chi connectivity index (χ0v) is 10.2. The van der Waals surface area contributed by atoms with Crippen molar-refractivity contribution in [1.82, 2.24) is 5.32 Å². The molecule has 0 radical (unpaired) electrons. The molecule has 0 fully saturated rings. The van der Waals surface area contributed by atoms with E-state index in [2.05, 4.69) is 5.32 Å². The molecule has 1 aromatic rings. The Labute approximate surface area is 103 Å². The number of benzene rings is 1. The van der Waals surface area contributed by atoms with Gasteiger partial charge in [0.15, 0.2) is 0 Å². The van der Waals surface area contributed by atoms with Crippen molar-refractivity contribution in [3.63, 3.8) is 0 Å². The summed E-state index contributed by atoms with van der Waals surface area (Å²) in [6, 6.07) is 6.29. The van der Waals surface area contributed by atoms with Crippen LogP contribution < -0.4 is 11.1 Å². The van der Waals surface area contributed by atoms with Gasteiger partial charge in [0.2, 0.25) is 5.91 Å². The van der Waals surface area contributed by atoms with Crippen molar-refractivity contribution in [2.75, 3.05) is 11.5 Å². The van der Waals surface area contributed by atoms with Gasteiger partial charge in [-0.05, 0) is 12.1 Å². The lowest BCUT2D eigenvalue weighted by Crippen LogP contribution is -2.41. The molecule has 92 valence electrons. The smallest absolute Gasteiger partial charge is 0.327 e. The number of hydrogen-bond donors (Lipinski definition) is 3. The number of aliphatic carboxylic acids is 1. The zero-order valence-electron chi connectivity index (χ0n) is 9.34. The van der Waals surface area contributed by atoms with Gasteiger partial charge >= 0.3 is 5.97 Å². The monoisotopic (exact) mass is 254 g/mol. The first-order valence-electron chi connectivity index (χ1n) is 4.98. The first-order valence-corrected chi connectivity index (χ1v) is 5.96. The normalized spacial score (nSPS) is 11.8. The van der Waals surface area contributed by atoms with E-state index in [-0.39, 0.29) is 11.7 Å². The number of anilines is 1. The van der Waals surface area contributed by atoms with Gasteiger partial charge in [-0.25, -0.2) is 4.79 Å². The number of thioether (sulfide) groups is 1. The summed E-state index contributed by atoms with van der Waals surface area (Å²) in [6.07, 6.45) is 0. The number of carbonyl (C=O) groups is 2. The van der Waals surface area contributed by atoms with Gasteiger partial charge in [0.05, 0.1) is 0 Å². The average Bonchev–Trinajstić information content (AvgIpc) is 2.25. The molecule has 0 aliphatic heterocycles. The predicted octanol–water partition coefficient (Wildman–Crippen LogP) is 0.950. The van der Waals surface area contributed by atoms with E-state index in [1.807, 2.05) is 18.2 Å². The molecule has 0 spiro atoms. The van der Waals surface area contributed by atoms with Gasteiger partial charge in [-0.2, -0.15) is 0 Å². The van der Waals surface area contributed by atoms with Gasteiger partial charge < -0.3 is 16.2 Å². The fourth-order valence-corrected chi connectivity index (χ4v) is 2.19. The number of nitrogen functional groups attached to an aromatic ring is 1. The van der Waals surface area contributed by atoms with Crippen molar-refractivity contribution >= 4 is 29.3 Å². The van der Waals surface area contributed by atoms with E-state index in [4.69, 9.17) is 10.8 Å². The number of carboxylic acid groups (broad SMARTS) is 1. The van der Waals surface area contributed by atoms with Gasteiger partial charge in [-0.3, -0.25) is 4.79 Å². The molecule has 4 N–H and O–H groups in total. The summed E-state index contributed by atoms with van der Waals surface area (Å²) in [5.74, 6) is -1.18. The maximum Gasteiger partial charge on any atom is 0.327 e. The molecule has 6 heteroatoms. The van der Waals surface area contributed by atoms with Crippen LogP contribution in [-0.2, 0) is 9.59 Å². The number of nitrogens with one attached hydrogen (secondary N) is 1. The first-order chi connectivity index (χ1) is 8.00. The van der Waals surface area contributed by atoms with Gasteiger partial charge in [-0.15, -0.1) is 11.8 Å². The summed E-state index contributed by atoms with van der Waals surface area (Å²) >= 11 is 1.30. The highest BCUT2D eigenvalue weighted by atomic mass is 32.2. The maximum absolute atomic E-state index is 10.9. The van der Waals surface area contributed by atoms with Crippen molar-refractivity contribution in [1.29, 1.82) is 0 Å². The van der Waals surface area contributed by atoms with E-state index >= 15 is 0 Å². The highest BCUT2D eigenvalue weighted by Gasteiger charge is 2.18.